The summed E-state index contributed by atoms with van der Waals surface area (Å²) in [4.78, 5) is 10.6. The van der Waals surface area contributed by atoms with Crippen LogP contribution in [0.15, 0.2) is 133 Å². The molecule has 4 nitrogen and oxygen atoms in total. The van der Waals surface area contributed by atoms with Crippen LogP contribution in [0.1, 0.15) is 116 Å². The summed E-state index contributed by atoms with van der Waals surface area (Å²) in [5.41, 5.74) is 17.4. The van der Waals surface area contributed by atoms with Crippen LogP contribution in [-0.2, 0) is 27.3 Å². The molecule has 0 saturated heterocycles. The Hall–Kier alpha value is -5.48. The zero-order valence-corrected chi connectivity index (χ0v) is 37.4. The number of anilines is 6. The fourth-order valence-corrected chi connectivity index (χ4v) is 9.65. The van der Waals surface area contributed by atoms with Crippen LogP contribution in [-0.4, -0.2) is 13.3 Å². The highest BCUT2D eigenvalue weighted by Crippen LogP contribution is 2.61. The number of benzene rings is 6. The molecule has 2 aliphatic heterocycles. The molecule has 0 radical (unpaired) electrons. The lowest BCUT2D eigenvalue weighted by molar-refractivity contribution is 0.471. The minimum Gasteiger partial charge on any atom is -0.321 e. The van der Waals surface area contributed by atoms with Crippen LogP contribution in [0.5, 0.6) is 0 Å². The summed E-state index contributed by atoms with van der Waals surface area (Å²) in [5.74, 6) is 0. The van der Waals surface area contributed by atoms with Gasteiger partial charge in [-0.1, -0.05) is 168 Å². The summed E-state index contributed by atoms with van der Waals surface area (Å²) in [6.45, 7) is 29.2. The summed E-state index contributed by atoms with van der Waals surface area (Å²) in [6, 6.07) is 51.4. The zero-order chi connectivity index (χ0) is 41.9. The third-order valence-corrected chi connectivity index (χ3v) is 13.1. The molecular weight excluding hydrogens is 717 g/mol. The van der Waals surface area contributed by atoms with Crippen molar-refractivity contribution in [2.75, 3.05) is 32.9 Å². The minimum atomic E-state index is -0.698. The molecule has 59 heavy (non-hydrogen) atoms. The third kappa shape index (κ3) is 6.24. The van der Waals surface area contributed by atoms with Gasteiger partial charge in [0.2, 0.25) is 0 Å². The number of hydrogen-bond donors (Lipinski definition) is 0. The van der Waals surface area contributed by atoms with Crippen molar-refractivity contribution in [3.8, 4) is 11.1 Å². The number of rotatable bonds is 4. The van der Waals surface area contributed by atoms with Gasteiger partial charge in [0, 0.05) is 22.5 Å². The Morgan fingerprint density at radius 2 is 0.695 bits per heavy atom. The van der Waals surface area contributed by atoms with E-state index in [4.69, 9.17) is 0 Å². The van der Waals surface area contributed by atoms with Gasteiger partial charge < -0.3 is 19.6 Å². The average molecular weight is 779 g/mol. The lowest BCUT2D eigenvalue weighted by Gasteiger charge is -2.49. The molecule has 0 bridgehead atoms. The first-order valence-corrected chi connectivity index (χ1v) is 21.6. The Morgan fingerprint density at radius 1 is 0.356 bits per heavy atom. The smallest absolute Gasteiger partial charge is 0.170 e. The molecule has 1 aliphatic carbocycles. The highest BCUT2D eigenvalue weighted by molar-refractivity contribution is 5.94. The summed E-state index contributed by atoms with van der Waals surface area (Å²) >= 11 is 0. The third-order valence-electron chi connectivity index (χ3n) is 13.1. The largest absolute Gasteiger partial charge is 0.321 e. The van der Waals surface area contributed by atoms with Crippen molar-refractivity contribution in [3.05, 3.63) is 167 Å². The van der Waals surface area contributed by atoms with Crippen LogP contribution in [0.25, 0.3) is 11.1 Å². The molecule has 0 amide bonds. The molecule has 0 saturated carbocycles. The monoisotopic (exact) mass is 778 g/mol. The molecular formula is C55H62N4. The Morgan fingerprint density at radius 3 is 1.05 bits per heavy atom. The zero-order valence-electron chi connectivity index (χ0n) is 37.4. The van der Waals surface area contributed by atoms with E-state index in [1.807, 2.05) is 0 Å². The molecule has 9 rings (SSSR count). The molecule has 3 aliphatic rings. The maximum absolute atomic E-state index is 2.73. The molecule has 0 atom stereocenters. The van der Waals surface area contributed by atoms with Crippen LogP contribution in [0.2, 0.25) is 0 Å². The molecule has 6 aromatic carbocycles. The van der Waals surface area contributed by atoms with Crippen molar-refractivity contribution < 1.29 is 0 Å². The quantitative estimate of drug-likeness (QED) is 0.177. The predicted octanol–water partition coefficient (Wildman–Crippen LogP) is 14.3. The fraction of sp³-hybridized carbons (Fsp3) is 0.345. The second kappa shape index (κ2) is 13.3. The Bertz CT molecular complexity index is 2410. The van der Waals surface area contributed by atoms with Gasteiger partial charge in [-0.2, -0.15) is 0 Å². The fourth-order valence-electron chi connectivity index (χ4n) is 9.65. The number of nitrogens with zero attached hydrogens (tertiary/aromatic N) is 4. The molecule has 0 aromatic heterocycles. The van der Waals surface area contributed by atoms with Gasteiger partial charge in [-0.25, -0.2) is 0 Å². The van der Waals surface area contributed by atoms with Crippen molar-refractivity contribution in [1.82, 2.24) is 0 Å². The lowest BCUT2D eigenvalue weighted by Crippen LogP contribution is -2.59. The van der Waals surface area contributed by atoms with E-state index in [2.05, 4.69) is 236 Å². The maximum Gasteiger partial charge on any atom is 0.170 e. The van der Waals surface area contributed by atoms with E-state index < -0.39 is 5.66 Å². The van der Waals surface area contributed by atoms with Crippen LogP contribution in [0, 0.1) is 0 Å². The van der Waals surface area contributed by atoms with Gasteiger partial charge in [0.25, 0.3) is 0 Å². The first-order chi connectivity index (χ1) is 27.8. The van der Waals surface area contributed by atoms with E-state index >= 15 is 0 Å². The van der Waals surface area contributed by atoms with Crippen molar-refractivity contribution in [1.29, 1.82) is 0 Å². The van der Waals surface area contributed by atoms with Crippen molar-refractivity contribution in [2.24, 2.45) is 0 Å². The second-order valence-electron chi connectivity index (χ2n) is 21.3. The molecule has 302 valence electrons. The molecule has 0 fully saturated rings. The second-order valence-corrected chi connectivity index (χ2v) is 21.3. The average Bonchev–Trinajstić information content (AvgIpc) is 3.85. The standard InChI is InChI=1S/C55H62N4/c1-51(2,3)37-19-17-21-41(31-37)56-35-58(49-25-15-13-23-47(49)56)55(59-36-57(48-24-14-16-26-50(48)59)42-22-18-20-38(32-42)52(4,5)6)45-29-27-39(53(7,8)9)33-43(45)44-34-40(54(10,11)12)28-30-46(44)55/h13-34H,35-36H2,1-12H3. The predicted molar refractivity (Wildman–Crippen MR) is 252 cm³/mol. The van der Waals surface area contributed by atoms with E-state index in [9.17, 15) is 0 Å². The van der Waals surface area contributed by atoms with Gasteiger partial charge in [0.05, 0.1) is 36.1 Å². The molecule has 0 unspecified atom stereocenters. The maximum atomic E-state index is 2.73. The van der Waals surface area contributed by atoms with Crippen LogP contribution < -0.4 is 19.6 Å². The van der Waals surface area contributed by atoms with Crippen LogP contribution in [0.4, 0.5) is 34.1 Å². The van der Waals surface area contributed by atoms with E-state index in [0.717, 1.165) is 0 Å². The summed E-state index contributed by atoms with van der Waals surface area (Å²) < 4.78 is 0. The first-order valence-electron chi connectivity index (χ1n) is 21.6. The summed E-state index contributed by atoms with van der Waals surface area (Å²) in [5, 5.41) is 0. The van der Waals surface area contributed by atoms with E-state index in [0.29, 0.717) is 13.3 Å². The first kappa shape index (κ1) is 39.0. The molecule has 2 heterocycles. The molecule has 4 heteroatoms. The van der Waals surface area contributed by atoms with Crippen molar-refractivity contribution in [3.63, 3.8) is 0 Å². The Labute approximate surface area is 354 Å². The van der Waals surface area contributed by atoms with Crippen molar-refractivity contribution >= 4 is 34.1 Å². The van der Waals surface area contributed by atoms with Gasteiger partial charge in [-0.15, -0.1) is 0 Å². The van der Waals surface area contributed by atoms with Gasteiger partial charge in [-0.05, 0) is 104 Å². The van der Waals surface area contributed by atoms with Crippen LogP contribution in [0.3, 0.4) is 0 Å². The van der Waals surface area contributed by atoms with Crippen molar-refractivity contribution in [2.45, 2.75) is 110 Å². The Balaban J connectivity index is 1.34. The highest BCUT2D eigenvalue weighted by Gasteiger charge is 2.57. The van der Waals surface area contributed by atoms with Gasteiger partial charge in [-0.3, -0.25) is 0 Å². The normalized spacial score (nSPS) is 16.0. The minimum absolute atomic E-state index is 0.00763. The molecule has 6 aromatic rings. The number of para-hydroxylation sites is 4. The van der Waals surface area contributed by atoms with E-state index in [-0.39, 0.29) is 21.7 Å². The number of hydrogen-bond acceptors (Lipinski definition) is 4. The SMILES string of the molecule is CC(C)(C)c1cccc(N2CN(C3(N4CN(c5cccc(C(C)(C)C)c5)c5ccccc54)c4ccc(C(C)(C)C)cc4-c4cc(C(C)(C)C)ccc43)c3ccccc32)c1. The summed E-state index contributed by atoms with van der Waals surface area (Å²) in [7, 11) is 0. The van der Waals surface area contributed by atoms with Gasteiger partial charge >= 0.3 is 0 Å². The van der Waals surface area contributed by atoms with Gasteiger partial charge in [0.15, 0.2) is 5.66 Å². The Kier molecular flexibility index (Phi) is 8.77. The topological polar surface area (TPSA) is 13.0 Å². The lowest BCUT2D eigenvalue weighted by atomic mass is 9.83. The highest BCUT2D eigenvalue weighted by atomic mass is 15.5. The number of fused-ring (bicyclic) bond motifs is 5. The molecule has 0 N–H and O–H groups in total. The summed E-state index contributed by atoms with van der Waals surface area (Å²) in [6.07, 6.45) is 0. The van der Waals surface area contributed by atoms with Crippen LogP contribution >= 0.6 is 0 Å². The van der Waals surface area contributed by atoms with Gasteiger partial charge in [0.1, 0.15) is 0 Å². The van der Waals surface area contributed by atoms with E-state index in [1.165, 1.54) is 78.6 Å². The van der Waals surface area contributed by atoms with E-state index in [1.54, 1.807) is 0 Å². The molecule has 0 spiro atoms.